The number of aromatic nitrogens is 2. The molecule has 0 unspecified atom stereocenters. The zero-order valence-electron chi connectivity index (χ0n) is 10.0. The van der Waals surface area contributed by atoms with E-state index in [1.807, 2.05) is 19.2 Å². The lowest BCUT2D eigenvalue weighted by Crippen LogP contribution is -2.13. The summed E-state index contributed by atoms with van der Waals surface area (Å²) in [6.07, 6.45) is 0. The number of nitrogens with zero attached hydrogens (tertiary/aromatic N) is 2. The van der Waals surface area contributed by atoms with Crippen LogP contribution in [0.2, 0.25) is 5.02 Å². The van der Waals surface area contributed by atoms with Gasteiger partial charge in [0.2, 0.25) is 0 Å². The normalized spacial score (nSPS) is 12.3. The lowest BCUT2D eigenvalue weighted by Gasteiger charge is -2.20. The molecule has 0 bridgehead atoms. The van der Waals surface area contributed by atoms with Gasteiger partial charge in [0.25, 0.3) is 0 Å². The van der Waals surface area contributed by atoms with Crippen LogP contribution in [0, 0.1) is 0 Å². The number of nitrogen functional groups attached to an aromatic ring is 1. The highest BCUT2D eigenvalue weighted by Gasteiger charge is 2.21. The molecule has 0 saturated carbocycles. The fourth-order valence-corrected chi connectivity index (χ4v) is 2.26. The summed E-state index contributed by atoms with van der Waals surface area (Å²) in [5, 5.41) is 5.75. The molecule has 16 heavy (non-hydrogen) atoms. The van der Waals surface area contributed by atoms with Crippen molar-refractivity contribution in [2.24, 2.45) is 7.05 Å². The second-order valence-corrected chi connectivity index (χ2v) is 5.48. The highest BCUT2D eigenvalue weighted by atomic mass is 35.5. The minimum absolute atomic E-state index is 0.0447. The Morgan fingerprint density at radius 3 is 2.50 bits per heavy atom. The summed E-state index contributed by atoms with van der Waals surface area (Å²) in [4.78, 5) is 0. The van der Waals surface area contributed by atoms with Crippen LogP contribution >= 0.6 is 11.6 Å². The zero-order valence-corrected chi connectivity index (χ0v) is 10.8. The number of fused-ring (bicyclic) bond motifs is 1. The second-order valence-electron chi connectivity index (χ2n) is 5.08. The zero-order chi connectivity index (χ0) is 12.1. The van der Waals surface area contributed by atoms with Crippen LogP contribution in [-0.2, 0) is 12.5 Å². The van der Waals surface area contributed by atoms with Gasteiger partial charge in [0.1, 0.15) is 0 Å². The first kappa shape index (κ1) is 11.3. The maximum Gasteiger partial charge on any atom is 0.154 e. The number of halogens is 1. The number of hydrogen-bond donors (Lipinski definition) is 1. The molecule has 2 aromatic rings. The number of benzene rings is 1. The van der Waals surface area contributed by atoms with Crippen LogP contribution in [-0.4, -0.2) is 9.78 Å². The standard InChI is InChI=1S/C12H16ClN3/c1-12(2,3)7-5-6-8(13)9-10(7)16(4)15-11(9)14/h5-6H,1-4H3,(H2,14,15). The van der Waals surface area contributed by atoms with Gasteiger partial charge in [-0.15, -0.1) is 0 Å². The summed E-state index contributed by atoms with van der Waals surface area (Å²) >= 11 is 6.16. The van der Waals surface area contributed by atoms with Crippen molar-refractivity contribution in [2.45, 2.75) is 26.2 Å². The van der Waals surface area contributed by atoms with E-state index in [4.69, 9.17) is 17.3 Å². The summed E-state index contributed by atoms with van der Waals surface area (Å²) in [7, 11) is 1.89. The van der Waals surface area contributed by atoms with Crippen LogP contribution in [0.25, 0.3) is 10.9 Å². The van der Waals surface area contributed by atoms with Gasteiger partial charge in [0.15, 0.2) is 5.82 Å². The summed E-state index contributed by atoms with van der Waals surface area (Å²) in [6.45, 7) is 6.50. The minimum Gasteiger partial charge on any atom is -0.382 e. The summed E-state index contributed by atoms with van der Waals surface area (Å²) in [5.41, 5.74) is 8.15. The molecular formula is C12H16ClN3. The van der Waals surface area contributed by atoms with Crippen molar-refractivity contribution in [1.29, 1.82) is 0 Å². The van der Waals surface area contributed by atoms with Gasteiger partial charge in [0, 0.05) is 7.05 Å². The van der Waals surface area contributed by atoms with E-state index in [9.17, 15) is 0 Å². The smallest absolute Gasteiger partial charge is 0.154 e. The van der Waals surface area contributed by atoms with E-state index in [0.717, 1.165) is 10.9 Å². The third-order valence-electron chi connectivity index (χ3n) is 2.77. The maximum absolute atomic E-state index is 6.16. The lowest BCUT2D eigenvalue weighted by atomic mass is 9.85. The predicted octanol–water partition coefficient (Wildman–Crippen LogP) is 3.11. The third-order valence-corrected chi connectivity index (χ3v) is 3.09. The van der Waals surface area contributed by atoms with Crippen LogP contribution in [0.4, 0.5) is 5.82 Å². The van der Waals surface area contributed by atoms with E-state index in [0.29, 0.717) is 10.8 Å². The summed E-state index contributed by atoms with van der Waals surface area (Å²) < 4.78 is 1.80. The number of hydrogen-bond acceptors (Lipinski definition) is 2. The Hall–Kier alpha value is -1.22. The Bertz CT molecular complexity index is 549. The fraction of sp³-hybridized carbons (Fsp3) is 0.417. The van der Waals surface area contributed by atoms with Gasteiger partial charge in [-0.25, -0.2) is 0 Å². The molecule has 86 valence electrons. The van der Waals surface area contributed by atoms with Crippen LogP contribution in [0.15, 0.2) is 12.1 Å². The van der Waals surface area contributed by atoms with Crippen molar-refractivity contribution < 1.29 is 0 Å². The number of anilines is 1. The molecule has 4 heteroatoms. The molecule has 3 nitrogen and oxygen atoms in total. The fourth-order valence-electron chi connectivity index (χ4n) is 2.01. The van der Waals surface area contributed by atoms with Crippen molar-refractivity contribution in [3.63, 3.8) is 0 Å². The van der Waals surface area contributed by atoms with E-state index in [1.54, 1.807) is 4.68 Å². The van der Waals surface area contributed by atoms with Gasteiger partial charge in [-0.2, -0.15) is 5.10 Å². The molecule has 0 spiro atoms. The Balaban J connectivity index is 2.94. The summed E-state index contributed by atoms with van der Waals surface area (Å²) in [6, 6.07) is 3.94. The molecule has 2 N–H and O–H groups in total. The molecule has 2 rings (SSSR count). The average molecular weight is 238 g/mol. The topological polar surface area (TPSA) is 43.8 Å². The average Bonchev–Trinajstić information content (AvgIpc) is 2.42. The number of aryl methyl sites for hydroxylation is 1. The van der Waals surface area contributed by atoms with E-state index in [1.165, 1.54) is 5.56 Å². The van der Waals surface area contributed by atoms with Gasteiger partial charge >= 0.3 is 0 Å². The first-order valence-corrected chi connectivity index (χ1v) is 5.61. The van der Waals surface area contributed by atoms with Crippen LogP contribution in [0.1, 0.15) is 26.3 Å². The van der Waals surface area contributed by atoms with Crippen LogP contribution < -0.4 is 5.73 Å². The van der Waals surface area contributed by atoms with Crippen LogP contribution in [0.5, 0.6) is 0 Å². The van der Waals surface area contributed by atoms with Gasteiger partial charge in [-0.1, -0.05) is 38.4 Å². The van der Waals surface area contributed by atoms with Gasteiger partial charge in [-0.3, -0.25) is 4.68 Å². The Labute approximate surface area is 100 Å². The minimum atomic E-state index is 0.0447. The molecule has 1 heterocycles. The maximum atomic E-state index is 6.16. The van der Waals surface area contributed by atoms with Gasteiger partial charge < -0.3 is 5.73 Å². The van der Waals surface area contributed by atoms with Crippen LogP contribution in [0.3, 0.4) is 0 Å². The molecule has 0 aliphatic heterocycles. The summed E-state index contributed by atoms with van der Waals surface area (Å²) in [5.74, 6) is 0.494. The molecule has 0 atom stereocenters. The molecule has 0 aliphatic rings. The van der Waals surface area contributed by atoms with Crippen molar-refractivity contribution in [1.82, 2.24) is 9.78 Å². The number of rotatable bonds is 0. The SMILES string of the molecule is Cn1nc(N)c2c(Cl)ccc(C(C)(C)C)c21. The predicted molar refractivity (Wildman–Crippen MR) is 68.8 cm³/mol. The molecule has 1 aromatic heterocycles. The second kappa shape index (κ2) is 3.39. The largest absolute Gasteiger partial charge is 0.382 e. The number of nitrogens with two attached hydrogens (primary N) is 1. The van der Waals surface area contributed by atoms with Gasteiger partial charge in [-0.05, 0) is 17.0 Å². The van der Waals surface area contributed by atoms with Crippen molar-refractivity contribution in [3.8, 4) is 0 Å². The van der Waals surface area contributed by atoms with Crippen molar-refractivity contribution in [2.75, 3.05) is 5.73 Å². The molecule has 0 radical (unpaired) electrons. The first-order chi connectivity index (χ1) is 7.32. The molecule has 1 aromatic carbocycles. The molecule has 0 saturated heterocycles. The quantitative estimate of drug-likeness (QED) is 0.765. The van der Waals surface area contributed by atoms with E-state index in [-0.39, 0.29) is 5.41 Å². The van der Waals surface area contributed by atoms with Crippen molar-refractivity contribution in [3.05, 3.63) is 22.7 Å². The van der Waals surface area contributed by atoms with E-state index < -0.39 is 0 Å². The Morgan fingerprint density at radius 2 is 1.94 bits per heavy atom. The lowest BCUT2D eigenvalue weighted by molar-refractivity contribution is 0.590. The third kappa shape index (κ3) is 1.55. The Morgan fingerprint density at radius 1 is 1.31 bits per heavy atom. The molecular weight excluding hydrogens is 222 g/mol. The molecule has 0 aliphatic carbocycles. The highest BCUT2D eigenvalue weighted by Crippen LogP contribution is 2.36. The van der Waals surface area contributed by atoms with Gasteiger partial charge in [0.05, 0.1) is 15.9 Å². The highest BCUT2D eigenvalue weighted by molar-refractivity contribution is 6.36. The molecule has 0 amide bonds. The monoisotopic (exact) mass is 237 g/mol. The molecule has 0 fully saturated rings. The first-order valence-electron chi connectivity index (χ1n) is 5.23. The Kier molecular flexibility index (Phi) is 2.39. The van der Waals surface area contributed by atoms with E-state index >= 15 is 0 Å². The van der Waals surface area contributed by atoms with E-state index in [2.05, 4.69) is 25.9 Å². The van der Waals surface area contributed by atoms with Crippen molar-refractivity contribution >= 4 is 28.3 Å².